The number of fused-ring (bicyclic) bond motifs is 1. The van der Waals surface area contributed by atoms with Crippen molar-refractivity contribution in [2.75, 3.05) is 5.75 Å². The van der Waals surface area contributed by atoms with Crippen molar-refractivity contribution in [1.82, 2.24) is 10.5 Å². The summed E-state index contributed by atoms with van der Waals surface area (Å²) >= 11 is 7.05. The minimum atomic E-state index is -3.93. The van der Waals surface area contributed by atoms with E-state index >= 15 is 0 Å². The van der Waals surface area contributed by atoms with Gasteiger partial charge >= 0.3 is 6.16 Å². The van der Waals surface area contributed by atoms with E-state index in [9.17, 15) is 18.0 Å². The number of sulfone groups is 1. The Hall–Kier alpha value is -2.41. The number of carbonyl (C=O) groups excluding carboxylic acids is 2. The van der Waals surface area contributed by atoms with Gasteiger partial charge in [0.05, 0.1) is 21.8 Å². The average molecular weight is 489 g/mol. The van der Waals surface area contributed by atoms with Crippen LogP contribution in [0.3, 0.4) is 0 Å². The van der Waals surface area contributed by atoms with Crippen molar-refractivity contribution in [3.63, 3.8) is 0 Å². The van der Waals surface area contributed by atoms with Crippen molar-refractivity contribution in [2.45, 2.75) is 36.6 Å². The van der Waals surface area contributed by atoms with E-state index < -0.39 is 45.3 Å². The lowest BCUT2D eigenvalue weighted by molar-refractivity contribution is -0.139. The fourth-order valence-electron chi connectivity index (χ4n) is 3.81. The molecule has 166 valence electrons. The Labute approximate surface area is 186 Å². The number of nitrogens with one attached hydrogen (secondary N) is 1. The maximum Gasteiger partial charge on any atom is 0.509 e. The van der Waals surface area contributed by atoms with E-state index in [4.69, 9.17) is 31.0 Å². The summed E-state index contributed by atoms with van der Waals surface area (Å²) < 4.78 is 42.0. The first-order valence-corrected chi connectivity index (χ1v) is 12.0. The van der Waals surface area contributed by atoms with Crippen molar-refractivity contribution in [3.05, 3.63) is 39.8 Å². The molecule has 1 aromatic carbocycles. The third-order valence-electron chi connectivity index (χ3n) is 5.24. The maximum atomic E-state index is 13.0. The molecule has 2 aliphatic rings. The molecule has 2 N–H and O–H groups in total. The number of hydrogen-bond donors (Lipinski definition) is 2. The number of hydroxylamine groups is 1. The summed E-state index contributed by atoms with van der Waals surface area (Å²) in [5.74, 6) is -1.02. The summed E-state index contributed by atoms with van der Waals surface area (Å²) in [7, 11) is -3.93. The van der Waals surface area contributed by atoms with E-state index in [2.05, 4.69) is 4.98 Å². The fourth-order valence-corrected chi connectivity index (χ4v) is 6.39. The predicted molar refractivity (Wildman–Crippen MR) is 107 cm³/mol. The molecular weight excluding hydrogens is 472 g/mol. The minimum Gasteiger partial charge on any atom is -0.487 e. The first-order valence-electron chi connectivity index (χ1n) is 9.08. The van der Waals surface area contributed by atoms with Gasteiger partial charge in [0.1, 0.15) is 24.6 Å². The smallest absolute Gasteiger partial charge is 0.487 e. The second-order valence-electron chi connectivity index (χ2n) is 7.30. The summed E-state index contributed by atoms with van der Waals surface area (Å²) in [6, 6.07) is 5.73. The van der Waals surface area contributed by atoms with Gasteiger partial charge in [-0.2, -0.15) is 0 Å². The molecule has 0 spiro atoms. The highest BCUT2D eigenvalue weighted by Gasteiger charge is 2.58. The molecule has 2 unspecified atom stereocenters. The molecule has 2 heterocycles. The third kappa shape index (κ3) is 4.47. The van der Waals surface area contributed by atoms with E-state index in [-0.39, 0.29) is 24.3 Å². The Kier molecular flexibility index (Phi) is 5.81. The highest BCUT2D eigenvalue weighted by Crippen LogP contribution is 2.46. The monoisotopic (exact) mass is 488 g/mol. The van der Waals surface area contributed by atoms with Gasteiger partial charge in [-0.3, -0.25) is 10.0 Å². The molecule has 1 aromatic heterocycles. The molecule has 0 bridgehead atoms. The SMILES string of the molecule is O=C1OC2CC(CS(=O)(=O)c3ccc(OCc4csc(Cl)n4)cc3)(C(=O)NO)CC2O1. The number of carbonyl (C=O) groups is 2. The molecule has 0 radical (unpaired) electrons. The first kappa shape index (κ1) is 21.8. The van der Waals surface area contributed by atoms with Crippen molar-refractivity contribution in [2.24, 2.45) is 5.41 Å². The van der Waals surface area contributed by atoms with Crippen LogP contribution in [-0.4, -0.2) is 48.6 Å². The lowest BCUT2D eigenvalue weighted by Gasteiger charge is -2.26. The summed E-state index contributed by atoms with van der Waals surface area (Å²) in [4.78, 5) is 27.7. The van der Waals surface area contributed by atoms with Crippen molar-refractivity contribution in [3.8, 4) is 5.75 Å². The van der Waals surface area contributed by atoms with Gasteiger partial charge in [0, 0.05) is 18.2 Å². The van der Waals surface area contributed by atoms with Gasteiger partial charge in [-0.15, -0.1) is 11.3 Å². The van der Waals surface area contributed by atoms with Gasteiger partial charge in [0.15, 0.2) is 14.3 Å². The quantitative estimate of drug-likeness (QED) is 0.341. The molecule has 2 aromatic rings. The molecule has 1 aliphatic carbocycles. The molecule has 10 nitrogen and oxygen atoms in total. The molecule has 13 heteroatoms. The van der Waals surface area contributed by atoms with Crippen LogP contribution in [-0.2, 0) is 30.7 Å². The zero-order chi connectivity index (χ0) is 22.2. The first-order chi connectivity index (χ1) is 14.7. The van der Waals surface area contributed by atoms with E-state index in [1.165, 1.54) is 41.1 Å². The van der Waals surface area contributed by atoms with Crippen LogP contribution >= 0.6 is 22.9 Å². The van der Waals surface area contributed by atoms with Gasteiger partial charge < -0.3 is 14.2 Å². The standard InChI is InChI=1S/C18H17ClN2O8S2/c19-16-20-10(8-30-16)7-27-11-1-3-12(4-2-11)31(25,26)9-18(15(22)21-24)5-13-14(6-18)29-17(23)28-13/h1-4,8,13-14,24H,5-7,9H2,(H,21,22). The lowest BCUT2D eigenvalue weighted by atomic mass is 9.87. The molecule has 31 heavy (non-hydrogen) atoms. The lowest BCUT2D eigenvalue weighted by Crippen LogP contribution is -2.43. The Morgan fingerprint density at radius 1 is 1.29 bits per heavy atom. The Morgan fingerprint density at radius 2 is 1.94 bits per heavy atom. The molecule has 1 saturated carbocycles. The topological polar surface area (TPSA) is 141 Å². The Balaban J connectivity index is 1.48. The van der Waals surface area contributed by atoms with Crippen LogP contribution in [0, 0.1) is 5.41 Å². The van der Waals surface area contributed by atoms with Crippen LogP contribution in [0.2, 0.25) is 4.47 Å². The largest absolute Gasteiger partial charge is 0.509 e. The minimum absolute atomic E-state index is 0.0170. The Morgan fingerprint density at radius 3 is 2.48 bits per heavy atom. The van der Waals surface area contributed by atoms with Crippen LogP contribution < -0.4 is 10.2 Å². The summed E-state index contributed by atoms with van der Waals surface area (Å²) in [5, 5.41) is 10.9. The maximum absolute atomic E-state index is 13.0. The number of nitrogens with zero attached hydrogens (tertiary/aromatic N) is 1. The fraction of sp³-hybridized carbons (Fsp3) is 0.389. The number of ether oxygens (including phenoxy) is 3. The normalized spacial score (nSPS) is 24.9. The number of amides is 1. The van der Waals surface area contributed by atoms with Crippen molar-refractivity contribution < 1.29 is 37.4 Å². The number of hydrogen-bond acceptors (Lipinski definition) is 10. The molecular formula is C18H17ClN2O8S2. The van der Waals surface area contributed by atoms with E-state index in [0.29, 0.717) is 15.9 Å². The van der Waals surface area contributed by atoms with Crippen molar-refractivity contribution >= 4 is 44.8 Å². The summed E-state index contributed by atoms with van der Waals surface area (Å²) in [6.07, 6.45) is -2.49. The van der Waals surface area contributed by atoms with Crippen molar-refractivity contribution in [1.29, 1.82) is 0 Å². The Bertz CT molecular complexity index is 1090. The second-order valence-corrected chi connectivity index (χ2v) is 10.7. The van der Waals surface area contributed by atoms with Crippen LogP contribution in [0.5, 0.6) is 5.75 Å². The highest BCUT2D eigenvalue weighted by atomic mass is 35.5. The number of aromatic nitrogens is 1. The number of benzene rings is 1. The van der Waals surface area contributed by atoms with Crippen LogP contribution in [0.25, 0.3) is 0 Å². The van der Waals surface area contributed by atoms with Gasteiger partial charge in [0.25, 0.3) is 5.91 Å². The molecule has 4 rings (SSSR count). The van der Waals surface area contributed by atoms with Crippen LogP contribution in [0.1, 0.15) is 18.5 Å². The van der Waals surface area contributed by atoms with Crippen LogP contribution in [0.4, 0.5) is 4.79 Å². The molecule has 1 amide bonds. The highest BCUT2D eigenvalue weighted by molar-refractivity contribution is 7.91. The van der Waals surface area contributed by atoms with E-state index in [0.717, 1.165) is 0 Å². The number of thiazole rings is 1. The zero-order valence-corrected chi connectivity index (χ0v) is 18.2. The van der Waals surface area contributed by atoms with E-state index in [1.54, 1.807) is 5.38 Å². The molecule has 2 fully saturated rings. The number of rotatable bonds is 7. The van der Waals surface area contributed by atoms with Gasteiger partial charge in [-0.25, -0.2) is 23.7 Å². The van der Waals surface area contributed by atoms with Crippen LogP contribution in [0.15, 0.2) is 34.5 Å². The molecule has 2 atom stereocenters. The summed E-state index contributed by atoms with van der Waals surface area (Å²) in [6.45, 7) is 0.177. The van der Waals surface area contributed by atoms with Gasteiger partial charge in [0.2, 0.25) is 0 Å². The average Bonchev–Trinajstić information content (AvgIpc) is 3.38. The van der Waals surface area contributed by atoms with Gasteiger partial charge in [-0.05, 0) is 24.3 Å². The summed E-state index contributed by atoms with van der Waals surface area (Å²) in [5.41, 5.74) is 0.685. The van der Waals surface area contributed by atoms with E-state index in [1.807, 2.05) is 0 Å². The number of halogens is 1. The second kappa shape index (κ2) is 8.26. The van der Waals surface area contributed by atoms with Gasteiger partial charge in [-0.1, -0.05) is 11.6 Å². The third-order valence-corrected chi connectivity index (χ3v) is 8.19. The predicted octanol–water partition coefficient (Wildman–Crippen LogP) is 2.34. The zero-order valence-electron chi connectivity index (χ0n) is 15.8. The molecule has 1 saturated heterocycles. The molecule has 1 aliphatic heterocycles.